The summed E-state index contributed by atoms with van der Waals surface area (Å²) in [6, 6.07) is 0. The summed E-state index contributed by atoms with van der Waals surface area (Å²) in [5, 5.41) is 0. The fourth-order valence-corrected chi connectivity index (χ4v) is 0. The van der Waals surface area contributed by atoms with Crippen LogP contribution in [0, 0.1) is 0 Å². The van der Waals surface area contributed by atoms with Crippen LogP contribution in [-0.2, 0) is 0 Å². The molecule has 6 heteroatoms. The number of rotatable bonds is 0. The van der Waals surface area contributed by atoms with Gasteiger partial charge in [0.05, 0.1) is 0 Å². The molecule has 0 aromatic heterocycles. The van der Waals surface area contributed by atoms with Crippen molar-refractivity contribution >= 4 is 0 Å². The normalized spacial score (nSPS) is 0. The second kappa shape index (κ2) is 121. The Kier molecular flexibility index (Phi) is 4030. The third-order valence-electron chi connectivity index (χ3n) is 0. The first kappa shape index (κ1) is 200. The van der Waals surface area contributed by atoms with E-state index in [4.69, 9.17) is 0 Å². The summed E-state index contributed by atoms with van der Waals surface area (Å²) in [7, 11) is 0. The Morgan fingerprint density at radius 2 is 0.500 bits per heavy atom. The Morgan fingerprint density at radius 3 is 0.500 bits per heavy atom. The number of hydrogen-bond donors (Lipinski definition) is 0. The van der Waals surface area contributed by atoms with Crippen LogP contribution in [0.25, 0.3) is 0 Å². The number of halogens is 1. The molecule has 0 spiro atoms. The third-order valence-corrected chi connectivity index (χ3v) is 0. The molecule has 0 saturated carbocycles. The molecule has 0 aliphatic heterocycles. The molecule has 0 aromatic rings. The van der Waals surface area contributed by atoms with Gasteiger partial charge in [0.15, 0.2) is 0 Å². The number of hydrogen-bond acceptors (Lipinski definition) is 0. The minimum Gasteiger partial charge on any atom is -1.00 e. The first-order valence-electron chi connectivity index (χ1n) is 0. The Morgan fingerprint density at radius 1 is 0.500 bits per heavy atom. The fraction of sp³-hybridized carbons (Fsp3) is 0. The largest absolute Gasteiger partial charge is 1.00 e. The molecule has 0 fully saturated rings. The van der Waals surface area contributed by atoms with Crippen molar-refractivity contribution in [2.45, 2.75) is 0 Å². The van der Waals surface area contributed by atoms with E-state index in [0.717, 1.165) is 0 Å². The molecule has 0 amide bonds. The molecule has 0 aliphatic carbocycles. The van der Waals surface area contributed by atoms with Crippen LogP contribution in [0.5, 0.6) is 0 Å². The average Bonchev–Trinajstić information content (AvgIpc) is 0. The molecule has 0 heterocycles. The maximum Gasteiger partial charge on any atom is 1.00 e. The zero-order valence-electron chi connectivity index (χ0n) is 3.38. The summed E-state index contributed by atoms with van der Waals surface area (Å²) in [4.78, 5) is 0. The molecule has 6 heavy (non-hydrogen) atoms. The Hall–Kier alpha value is 1.17. The molecule has 0 aromatic carbocycles. The summed E-state index contributed by atoms with van der Waals surface area (Å²) in [5.41, 5.74) is 0. The molecule has 0 aliphatic rings. The molecule has 4 nitrogen and oxygen atoms in total. The molecular formula is H8ILiO4. The van der Waals surface area contributed by atoms with Crippen LogP contribution in [0.1, 0.15) is 0 Å². The maximum atomic E-state index is 0. The molecule has 0 radical (unpaired) electrons. The van der Waals surface area contributed by atoms with Gasteiger partial charge in [-0.25, -0.2) is 0 Å². The molecule has 0 saturated heterocycles. The SMILES string of the molecule is O.O.O.O.[I-].[Li+]. The van der Waals surface area contributed by atoms with E-state index in [-0.39, 0.29) is 64.7 Å². The van der Waals surface area contributed by atoms with Gasteiger partial charge >= 0.3 is 18.9 Å². The van der Waals surface area contributed by atoms with Gasteiger partial charge in [-0.3, -0.25) is 0 Å². The first-order valence-corrected chi connectivity index (χ1v) is 0. The zero-order valence-corrected chi connectivity index (χ0v) is 5.54. The molecule has 0 rings (SSSR count). The molecule has 0 bridgehead atoms. The summed E-state index contributed by atoms with van der Waals surface area (Å²) in [6.45, 7) is 0. The molecular weight excluding hydrogens is 198 g/mol. The van der Waals surface area contributed by atoms with E-state index in [9.17, 15) is 0 Å². The van der Waals surface area contributed by atoms with Crippen molar-refractivity contribution in [2.24, 2.45) is 0 Å². The van der Waals surface area contributed by atoms with Gasteiger partial charge in [0.2, 0.25) is 0 Å². The Balaban J connectivity index is 0. The van der Waals surface area contributed by atoms with Crippen LogP contribution in [0.2, 0.25) is 0 Å². The second-order valence-corrected chi connectivity index (χ2v) is 0. The quantitative estimate of drug-likeness (QED) is 0.275. The Bertz CT molecular complexity index is 7.51. The summed E-state index contributed by atoms with van der Waals surface area (Å²) < 4.78 is 0. The van der Waals surface area contributed by atoms with E-state index in [0.29, 0.717) is 0 Å². The minimum absolute atomic E-state index is 0. The van der Waals surface area contributed by atoms with E-state index in [1.54, 1.807) is 0 Å². The van der Waals surface area contributed by atoms with Crippen LogP contribution in [-0.4, -0.2) is 21.9 Å². The van der Waals surface area contributed by atoms with Gasteiger partial charge in [-0.1, -0.05) is 0 Å². The van der Waals surface area contributed by atoms with Gasteiger partial charge in [0, 0.05) is 0 Å². The van der Waals surface area contributed by atoms with E-state index >= 15 is 0 Å². The fourth-order valence-electron chi connectivity index (χ4n) is 0. The van der Waals surface area contributed by atoms with Gasteiger partial charge in [-0.2, -0.15) is 0 Å². The predicted molar refractivity (Wildman–Crippen MR) is 14.5 cm³/mol. The summed E-state index contributed by atoms with van der Waals surface area (Å²) >= 11 is 0. The van der Waals surface area contributed by atoms with Crippen LogP contribution < -0.4 is 42.8 Å². The second-order valence-electron chi connectivity index (χ2n) is 0. The van der Waals surface area contributed by atoms with Crippen molar-refractivity contribution in [3.63, 3.8) is 0 Å². The molecule has 8 N–H and O–H groups in total. The molecule has 40 valence electrons. The van der Waals surface area contributed by atoms with Crippen LogP contribution in [0.3, 0.4) is 0 Å². The van der Waals surface area contributed by atoms with Gasteiger partial charge in [0.25, 0.3) is 0 Å². The third kappa shape index (κ3) is 65.9. The average molecular weight is 206 g/mol. The van der Waals surface area contributed by atoms with E-state index in [2.05, 4.69) is 0 Å². The topological polar surface area (TPSA) is 126 Å². The standard InChI is InChI=1S/HI.Li.4H2O/h1H;;4*1H2/q;+1;;;;/p-1. The minimum atomic E-state index is 0. The summed E-state index contributed by atoms with van der Waals surface area (Å²) in [6.07, 6.45) is 0. The van der Waals surface area contributed by atoms with Crippen molar-refractivity contribution in [1.29, 1.82) is 0 Å². The van der Waals surface area contributed by atoms with Crippen LogP contribution in [0.4, 0.5) is 0 Å². The summed E-state index contributed by atoms with van der Waals surface area (Å²) in [5.74, 6) is 0. The predicted octanol–water partition coefficient (Wildman–Crippen LogP) is -9.29. The van der Waals surface area contributed by atoms with E-state index in [1.807, 2.05) is 0 Å². The van der Waals surface area contributed by atoms with Crippen molar-refractivity contribution in [3.05, 3.63) is 0 Å². The smallest absolute Gasteiger partial charge is 1.00 e. The van der Waals surface area contributed by atoms with E-state index < -0.39 is 0 Å². The van der Waals surface area contributed by atoms with Crippen LogP contribution in [0.15, 0.2) is 0 Å². The first-order chi connectivity index (χ1) is 0. The van der Waals surface area contributed by atoms with Gasteiger partial charge in [-0.05, 0) is 0 Å². The van der Waals surface area contributed by atoms with Gasteiger partial charge in [-0.15, -0.1) is 0 Å². The molecule has 0 atom stereocenters. The Labute approximate surface area is 64.7 Å². The van der Waals surface area contributed by atoms with Crippen molar-refractivity contribution in [3.8, 4) is 0 Å². The van der Waals surface area contributed by atoms with Gasteiger partial charge in [0.1, 0.15) is 0 Å². The van der Waals surface area contributed by atoms with Gasteiger partial charge < -0.3 is 45.9 Å². The van der Waals surface area contributed by atoms with E-state index in [1.165, 1.54) is 0 Å². The monoisotopic (exact) mass is 206 g/mol. The van der Waals surface area contributed by atoms with Crippen molar-refractivity contribution in [1.82, 2.24) is 0 Å². The molecule has 0 unspecified atom stereocenters. The maximum absolute atomic E-state index is 0. The van der Waals surface area contributed by atoms with Crippen molar-refractivity contribution < 1.29 is 64.7 Å². The zero-order chi connectivity index (χ0) is 0. The van der Waals surface area contributed by atoms with Crippen LogP contribution >= 0.6 is 0 Å². The van der Waals surface area contributed by atoms with Crippen molar-refractivity contribution in [2.75, 3.05) is 0 Å².